The van der Waals surface area contributed by atoms with E-state index in [1.807, 2.05) is 47.3 Å². The molecule has 0 aliphatic heterocycles. The van der Waals surface area contributed by atoms with E-state index in [1.54, 1.807) is 18.3 Å². The smallest absolute Gasteiger partial charge is 0.213 e. The number of benzene rings is 1. The molecule has 2 N–H and O–H groups in total. The zero-order valence-electron chi connectivity index (χ0n) is 13.8. The Bertz CT molecular complexity index is 1030. The molecular weight excluding hydrogens is 353 g/mol. The Kier molecular flexibility index (Phi) is 5.25. The second-order valence-electron chi connectivity index (χ2n) is 5.79. The fourth-order valence-electron chi connectivity index (χ4n) is 2.92. The average molecular weight is 370 g/mol. The summed E-state index contributed by atoms with van der Waals surface area (Å²) in [5, 5.41) is 5.51. The van der Waals surface area contributed by atoms with Gasteiger partial charge in [0.05, 0.1) is 29.1 Å². The lowest BCUT2D eigenvalue weighted by Gasteiger charge is -2.15. The SMILES string of the molecule is Cl.N[C@@H](Cc1cccc(F)n1)c1ncccc1-n1ncc2ccccc21. The lowest BCUT2D eigenvalue weighted by molar-refractivity contribution is 0.568. The number of pyridine rings is 2. The predicted molar refractivity (Wildman–Crippen MR) is 101 cm³/mol. The Hall–Kier alpha value is -2.83. The number of hydrogen-bond donors (Lipinski definition) is 1. The number of aromatic nitrogens is 4. The molecule has 0 fully saturated rings. The molecule has 0 radical (unpaired) electrons. The maximum Gasteiger partial charge on any atom is 0.213 e. The van der Waals surface area contributed by atoms with Crippen LogP contribution in [0.2, 0.25) is 0 Å². The van der Waals surface area contributed by atoms with Crippen molar-refractivity contribution in [2.24, 2.45) is 5.73 Å². The fraction of sp³-hybridized carbons (Fsp3) is 0.105. The molecule has 0 spiro atoms. The molecule has 0 unspecified atom stereocenters. The topological polar surface area (TPSA) is 69.6 Å². The largest absolute Gasteiger partial charge is 0.322 e. The zero-order chi connectivity index (χ0) is 17.2. The summed E-state index contributed by atoms with van der Waals surface area (Å²) in [5.41, 5.74) is 9.44. The molecule has 7 heteroatoms. The molecule has 132 valence electrons. The first kappa shape index (κ1) is 18.0. The standard InChI is InChI=1S/C19H16FN5.ClH/c20-18-9-3-6-14(24-18)11-15(21)19-17(8-4-10-22-19)25-16-7-2-1-5-13(16)12-23-25;/h1-10,12,15H,11,21H2;1H/t15-;/m0./s1. The zero-order valence-corrected chi connectivity index (χ0v) is 14.6. The van der Waals surface area contributed by atoms with Crippen LogP contribution in [-0.4, -0.2) is 19.7 Å². The Labute approximate surface area is 156 Å². The van der Waals surface area contributed by atoms with Gasteiger partial charge in [-0.1, -0.05) is 24.3 Å². The van der Waals surface area contributed by atoms with Crippen LogP contribution in [0.4, 0.5) is 4.39 Å². The molecule has 5 nitrogen and oxygen atoms in total. The van der Waals surface area contributed by atoms with Gasteiger partial charge in [-0.05, 0) is 30.3 Å². The first-order valence-electron chi connectivity index (χ1n) is 7.97. The minimum Gasteiger partial charge on any atom is -0.322 e. The van der Waals surface area contributed by atoms with E-state index in [9.17, 15) is 4.39 Å². The summed E-state index contributed by atoms with van der Waals surface area (Å²) in [7, 11) is 0. The molecule has 4 rings (SSSR count). The molecule has 1 aromatic carbocycles. The van der Waals surface area contributed by atoms with E-state index in [2.05, 4.69) is 15.1 Å². The lowest BCUT2D eigenvalue weighted by Crippen LogP contribution is -2.18. The second-order valence-corrected chi connectivity index (χ2v) is 5.79. The van der Waals surface area contributed by atoms with Crippen LogP contribution in [0, 0.1) is 5.95 Å². The average Bonchev–Trinajstić information content (AvgIpc) is 3.06. The second kappa shape index (κ2) is 7.59. The fourth-order valence-corrected chi connectivity index (χ4v) is 2.92. The van der Waals surface area contributed by atoms with Crippen molar-refractivity contribution in [1.29, 1.82) is 0 Å². The van der Waals surface area contributed by atoms with Gasteiger partial charge in [0.15, 0.2) is 0 Å². The number of halogens is 2. The molecule has 0 aliphatic carbocycles. The Morgan fingerprint density at radius 1 is 1.04 bits per heavy atom. The van der Waals surface area contributed by atoms with Crippen LogP contribution < -0.4 is 5.73 Å². The van der Waals surface area contributed by atoms with Gasteiger partial charge in [-0.25, -0.2) is 9.67 Å². The maximum atomic E-state index is 13.3. The van der Waals surface area contributed by atoms with E-state index < -0.39 is 12.0 Å². The van der Waals surface area contributed by atoms with E-state index in [-0.39, 0.29) is 12.4 Å². The van der Waals surface area contributed by atoms with Crippen molar-refractivity contribution < 1.29 is 4.39 Å². The van der Waals surface area contributed by atoms with Crippen molar-refractivity contribution in [2.45, 2.75) is 12.5 Å². The number of rotatable bonds is 4. The highest BCUT2D eigenvalue weighted by molar-refractivity contribution is 5.85. The molecule has 3 aromatic heterocycles. The summed E-state index contributed by atoms with van der Waals surface area (Å²) in [6, 6.07) is 16.0. The van der Waals surface area contributed by atoms with Crippen LogP contribution in [0.25, 0.3) is 16.6 Å². The van der Waals surface area contributed by atoms with Crippen molar-refractivity contribution in [3.63, 3.8) is 0 Å². The molecule has 0 saturated heterocycles. The number of nitrogens with two attached hydrogens (primary N) is 1. The molecule has 1 atom stereocenters. The third kappa shape index (κ3) is 3.42. The normalized spacial score (nSPS) is 11.9. The number of fused-ring (bicyclic) bond motifs is 1. The van der Waals surface area contributed by atoms with Gasteiger partial charge < -0.3 is 5.73 Å². The minimum absolute atomic E-state index is 0. The Balaban J connectivity index is 0.00000196. The van der Waals surface area contributed by atoms with Crippen molar-refractivity contribution in [3.05, 3.63) is 84.3 Å². The predicted octanol–water partition coefficient (Wildman–Crippen LogP) is 3.62. The lowest BCUT2D eigenvalue weighted by atomic mass is 10.1. The van der Waals surface area contributed by atoms with Crippen LogP contribution >= 0.6 is 12.4 Å². The van der Waals surface area contributed by atoms with Crippen LogP contribution in [0.3, 0.4) is 0 Å². The highest BCUT2D eigenvalue weighted by Gasteiger charge is 2.17. The number of hydrogen-bond acceptors (Lipinski definition) is 4. The maximum absolute atomic E-state index is 13.3. The van der Waals surface area contributed by atoms with Gasteiger partial charge in [-0.3, -0.25) is 4.98 Å². The van der Waals surface area contributed by atoms with E-state index in [0.29, 0.717) is 17.8 Å². The molecule has 3 heterocycles. The van der Waals surface area contributed by atoms with Gasteiger partial charge in [-0.15, -0.1) is 12.4 Å². The van der Waals surface area contributed by atoms with Crippen LogP contribution in [0.1, 0.15) is 17.4 Å². The van der Waals surface area contributed by atoms with Crippen LogP contribution in [-0.2, 0) is 6.42 Å². The first-order valence-corrected chi connectivity index (χ1v) is 7.97. The highest BCUT2D eigenvalue weighted by atomic mass is 35.5. The van der Waals surface area contributed by atoms with Crippen LogP contribution in [0.5, 0.6) is 0 Å². The number of para-hydroxylation sites is 1. The Morgan fingerprint density at radius 3 is 2.73 bits per heavy atom. The number of nitrogens with zero attached hydrogens (tertiary/aromatic N) is 4. The molecule has 0 aliphatic rings. The first-order chi connectivity index (χ1) is 12.2. The van der Waals surface area contributed by atoms with Crippen LogP contribution in [0.15, 0.2) is 67.0 Å². The van der Waals surface area contributed by atoms with Crippen molar-refractivity contribution in [2.75, 3.05) is 0 Å². The molecule has 4 aromatic rings. The van der Waals surface area contributed by atoms with Gasteiger partial charge in [0.25, 0.3) is 0 Å². The Morgan fingerprint density at radius 2 is 1.88 bits per heavy atom. The summed E-state index contributed by atoms with van der Waals surface area (Å²) < 4.78 is 15.1. The summed E-state index contributed by atoms with van der Waals surface area (Å²) in [4.78, 5) is 8.34. The molecular formula is C19H17ClFN5. The van der Waals surface area contributed by atoms with Crippen molar-refractivity contribution >= 4 is 23.3 Å². The van der Waals surface area contributed by atoms with Crippen molar-refractivity contribution in [3.8, 4) is 5.69 Å². The molecule has 26 heavy (non-hydrogen) atoms. The van der Waals surface area contributed by atoms with Gasteiger partial charge in [-0.2, -0.15) is 9.49 Å². The van der Waals surface area contributed by atoms with Gasteiger partial charge in [0, 0.05) is 23.7 Å². The van der Waals surface area contributed by atoms with E-state index in [4.69, 9.17) is 5.73 Å². The highest BCUT2D eigenvalue weighted by Crippen LogP contribution is 2.24. The van der Waals surface area contributed by atoms with Gasteiger partial charge in [0.2, 0.25) is 5.95 Å². The van der Waals surface area contributed by atoms with Crippen molar-refractivity contribution in [1.82, 2.24) is 19.7 Å². The summed E-state index contributed by atoms with van der Waals surface area (Å²) in [6.45, 7) is 0. The third-order valence-corrected chi connectivity index (χ3v) is 4.07. The van der Waals surface area contributed by atoms with E-state index >= 15 is 0 Å². The molecule has 0 bridgehead atoms. The van der Waals surface area contributed by atoms with E-state index in [0.717, 1.165) is 16.6 Å². The van der Waals surface area contributed by atoms with Gasteiger partial charge in [0.1, 0.15) is 0 Å². The summed E-state index contributed by atoms with van der Waals surface area (Å²) in [6.07, 6.45) is 3.90. The van der Waals surface area contributed by atoms with E-state index in [1.165, 1.54) is 6.07 Å². The van der Waals surface area contributed by atoms with Gasteiger partial charge >= 0.3 is 0 Å². The molecule has 0 saturated carbocycles. The third-order valence-electron chi connectivity index (χ3n) is 4.07. The monoisotopic (exact) mass is 369 g/mol. The summed E-state index contributed by atoms with van der Waals surface area (Å²) >= 11 is 0. The quantitative estimate of drug-likeness (QED) is 0.558. The summed E-state index contributed by atoms with van der Waals surface area (Å²) in [5.74, 6) is -0.510. The minimum atomic E-state index is -0.510. The molecule has 0 amide bonds.